The second-order valence-corrected chi connectivity index (χ2v) is 8.79. The highest BCUT2D eigenvalue weighted by Crippen LogP contribution is 2.25. The lowest BCUT2D eigenvalue weighted by Gasteiger charge is -2.22. The van der Waals surface area contributed by atoms with E-state index in [0.717, 1.165) is 36.3 Å². The number of halogens is 2. The van der Waals surface area contributed by atoms with Gasteiger partial charge in [-0.2, -0.15) is 0 Å². The molecule has 0 radical (unpaired) electrons. The van der Waals surface area contributed by atoms with Crippen molar-refractivity contribution in [2.24, 2.45) is 0 Å². The minimum absolute atomic E-state index is 0. The first kappa shape index (κ1) is 28.0. The van der Waals surface area contributed by atoms with Crippen molar-refractivity contribution >= 4 is 53.8 Å². The summed E-state index contributed by atoms with van der Waals surface area (Å²) in [6, 6.07) is 16.9. The van der Waals surface area contributed by atoms with Crippen LogP contribution in [0.5, 0.6) is 0 Å². The summed E-state index contributed by atoms with van der Waals surface area (Å²) in [5.74, 6) is -0.245. The predicted octanol–water partition coefficient (Wildman–Crippen LogP) is 5.27. The monoisotopic (exact) mass is 540 g/mol. The van der Waals surface area contributed by atoms with Crippen LogP contribution in [0.2, 0.25) is 0 Å². The Balaban J connectivity index is 0.00000190. The zero-order chi connectivity index (χ0) is 24.4. The molecule has 5 rings (SSSR count). The van der Waals surface area contributed by atoms with Crippen LogP contribution < -0.4 is 21.3 Å². The van der Waals surface area contributed by atoms with Gasteiger partial charge in [0.05, 0.1) is 12.2 Å². The van der Waals surface area contributed by atoms with Gasteiger partial charge in [0, 0.05) is 24.1 Å². The smallest absolute Gasteiger partial charge is 0.319 e. The minimum Gasteiger partial charge on any atom is -0.331 e. The molecule has 2 aromatic carbocycles. The van der Waals surface area contributed by atoms with E-state index in [2.05, 4.69) is 32.3 Å². The molecule has 37 heavy (non-hydrogen) atoms. The highest BCUT2D eigenvalue weighted by molar-refractivity contribution is 6.04. The van der Waals surface area contributed by atoms with E-state index >= 15 is 0 Å². The van der Waals surface area contributed by atoms with Crippen LogP contribution in [-0.4, -0.2) is 27.9 Å². The van der Waals surface area contributed by atoms with E-state index in [1.807, 2.05) is 68.6 Å². The lowest BCUT2D eigenvalue weighted by Crippen LogP contribution is -2.32. The fraction of sp³-hybridized carbons (Fsp3) is 0.222. The second kappa shape index (κ2) is 12.1. The number of nitrogens with one attached hydrogen (secondary N) is 4. The number of aryl methyl sites for hydroxylation is 1. The molecule has 3 amide bonds. The molecular weight excluding hydrogens is 511 g/mol. The van der Waals surface area contributed by atoms with E-state index in [9.17, 15) is 9.59 Å². The van der Waals surface area contributed by atoms with Crippen molar-refractivity contribution < 1.29 is 9.59 Å². The lowest BCUT2D eigenvalue weighted by atomic mass is 9.99. The third-order valence-electron chi connectivity index (χ3n) is 6.40. The van der Waals surface area contributed by atoms with Crippen LogP contribution in [0.3, 0.4) is 0 Å². The number of pyridine rings is 1. The van der Waals surface area contributed by atoms with Gasteiger partial charge >= 0.3 is 6.03 Å². The summed E-state index contributed by atoms with van der Waals surface area (Å²) >= 11 is 0. The molecule has 4 aromatic rings. The minimum atomic E-state index is -0.263. The molecule has 1 aliphatic heterocycles. The van der Waals surface area contributed by atoms with Crippen molar-refractivity contribution in [2.75, 3.05) is 17.2 Å². The molecule has 0 saturated heterocycles. The van der Waals surface area contributed by atoms with Crippen LogP contribution in [0.1, 0.15) is 45.7 Å². The normalized spacial score (nSPS) is 12.9. The quantitative estimate of drug-likeness (QED) is 0.277. The van der Waals surface area contributed by atoms with E-state index in [1.165, 1.54) is 11.1 Å². The maximum atomic E-state index is 13.0. The van der Waals surface area contributed by atoms with E-state index < -0.39 is 0 Å². The molecule has 0 unspecified atom stereocenters. The van der Waals surface area contributed by atoms with Crippen molar-refractivity contribution in [1.82, 2.24) is 20.0 Å². The summed E-state index contributed by atoms with van der Waals surface area (Å²) < 4.78 is 1.75. The average molecular weight is 541 g/mol. The lowest BCUT2D eigenvalue weighted by molar-refractivity contribution is 0.102. The predicted molar refractivity (Wildman–Crippen MR) is 151 cm³/mol. The van der Waals surface area contributed by atoms with Gasteiger partial charge in [-0.1, -0.05) is 30.3 Å². The first-order valence-corrected chi connectivity index (χ1v) is 11.7. The number of carbonyl (C=O) groups excluding carboxylic acids is 2. The van der Waals surface area contributed by atoms with Crippen molar-refractivity contribution in [3.8, 4) is 0 Å². The molecular formula is C27H30Cl2N6O2. The SMILES string of the molecule is Cc1ccc([C@H](C)NC(=O)Nc2cccc3c2CCNC3)cc1NC(=O)c1cnc2ccccn12.Cl.Cl. The Kier molecular flexibility index (Phi) is 9.15. The summed E-state index contributed by atoms with van der Waals surface area (Å²) in [4.78, 5) is 30.0. The van der Waals surface area contributed by atoms with Crippen LogP contribution >= 0.6 is 24.8 Å². The number of amides is 3. The number of carbonyl (C=O) groups is 2. The molecule has 0 fully saturated rings. The fourth-order valence-corrected chi connectivity index (χ4v) is 4.42. The topological polar surface area (TPSA) is 99.6 Å². The number of nitrogens with zero attached hydrogens (tertiary/aromatic N) is 2. The van der Waals surface area contributed by atoms with Gasteiger partial charge < -0.3 is 21.3 Å². The average Bonchev–Trinajstić information content (AvgIpc) is 3.30. The molecule has 1 atom stereocenters. The Labute approximate surface area is 228 Å². The standard InChI is InChI=1S/C27H28N6O2.2ClH/c1-17-9-10-19(14-23(17)31-26(34)24-16-29-25-8-3-4-13-33(24)25)18(2)30-27(35)32-22-7-5-6-20-15-28-12-11-21(20)22;;/h3-10,13-14,16,18,28H,11-12,15H2,1-2H3,(H,31,34)(H2,30,32,35);2*1H/t18-;;/m0../s1. The molecule has 194 valence electrons. The van der Waals surface area contributed by atoms with E-state index in [1.54, 1.807) is 10.6 Å². The molecule has 8 nitrogen and oxygen atoms in total. The molecule has 0 saturated carbocycles. The second-order valence-electron chi connectivity index (χ2n) is 8.79. The first-order chi connectivity index (χ1) is 17.0. The number of fused-ring (bicyclic) bond motifs is 2. The molecule has 10 heteroatoms. The zero-order valence-electron chi connectivity index (χ0n) is 20.6. The van der Waals surface area contributed by atoms with Gasteiger partial charge in [0.1, 0.15) is 11.3 Å². The number of anilines is 2. The number of benzene rings is 2. The summed E-state index contributed by atoms with van der Waals surface area (Å²) in [5.41, 5.74) is 6.92. The number of hydrogen-bond donors (Lipinski definition) is 4. The highest BCUT2D eigenvalue weighted by Gasteiger charge is 2.17. The van der Waals surface area contributed by atoms with Crippen LogP contribution in [0.25, 0.3) is 5.65 Å². The van der Waals surface area contributed by atoms with Crippen LogP contribution in [0.4, 0.5) is 16.2 Å². The van der Waals surface area contributed by atoms with Gasteiger partial charge in [0.2, 0.25) is 0 Å². The van der Waals surface area contributed by atoms with Gasteiger partial charge in [-0.3, -0.25) is 9.20 Å². The number of imidazole rings is 1. The molecule has 0 bridgehead atoms. The fourth-order valence-electron chi connectivity index (χ4n) is 4.42. The van der Waals surface area contributed by atoms with Gasteiger partial charge in [-0.25, -0.2) is 9.78 Å². The number of rotatable bonds is 5. The Morgan fingerprint density at radius 1 is 1.03 bits per heavy atom. The zero-order valence-corrected chi connectivity index (χ0v) is 22.2. The molecule has 0 aliphatic carbocycles. The van der Waals surface area contributed by atoms with E-state index in [-0.39, 0.29) is 42.8 Å². The summed E-state index contributed by atoms with van der Waals surface area (Å²) in [7, 11) is 0. The van der Waals surface area contributed by atoms with Crippen molar-refractivity contribution in [3.63, 3.8) is 0 Å². The van der Waals surface area contributed by atoms with Crippen molar-refractivity contribution in [2.45, 2.75) is 32.9 Å². The first-order valence-electron chi connectivity index (χ1n) is 11.7. The number of aromatic nitrogens is 2. The highest BCUT2D eigenvalue weighted by atomic mass is 35.5. The summed E-state index contributed by atoms with van der Waals surface area (Å²) in [6.45, 7) is 5.57. The van der Waals surface area contributed by atoms with Gasteiger partial charge in [-0.15, -0.1) is 24.8 Å². The van der Waals surface area contributed by atoms with E-state index in [4.69, 9.17) is 0 Å². The number of urea groups is 1. The maximum Gasteiger partial charge on any atom is 0.319 e. The van der Waals surface area contributed by atoms with Crippen molar-refractivity contribution in [1.29, 1.82) is 0 Å². The molecule has 3 heterocycles. The molecule has 2 aromatic heterocycles. The van der Waals surface area contributed by atoms with Gasteiger partial charge in [0.25, 0.3) is 5.91 Å². The van der Waals surface area contributed by atoms with Crippen LogP contribution in [0.15, 0.2) is 67.0 Å². The number of hydrogen-bond acceptors (Lipinski definition) is 4. The Morgan fingerprint density at radius 3 is 2.70 bits per heavy atom. The Bertz CT molecular complexity index is 1420. The van der Waals surface area contributed by atoms with Gasteiger partial charge in [-0.05, 0) is 73.3 Å². The third kappa shape index (κ3) is 6.05. The van der Waals surface area contributed by atoms with Crippen LogP contribution in [-0.2, 0) is 13.0 Å². The van der Waals surface area contributed by atoms with E-state index in [0.29, 0.717) is 17.0 Å². The van der Waals surface area contributed by atoms with Crippen molar-refractivity contribution in [3.05, 3.63) is 94.9 Å². The van der Waals surface area contributed by atoms with Gasteiger partial charge in [0.15, 0.2) is 0 Å². The largest absolute Gasteiger partial charge is 0.331 e. The molecule has 1 aliphatic rings. The molecule has 0 spiro atoms. The van der Waals surface area contributed by atoms with Crippen LogP contribution in [0, 0.1) is 6.92 Å². The Morgan fingerprint density at radius 2 is 1.86 bits per heavy atom. The molecule has 4 N–H and O–H groups in total. The summed E-state index contributed by atoms with van der Waals surface area (Å²) in [5, 5.41) is 12.4. The Hall–Kier alpha value is -3.59. The maximum absolute atomic E-state index is 13.0. The summed E-state index contributed by atoms with van der Waals surface area (Å²) in [6.07, 6.45) is 4.26. The third-order valence-corrected chi connectivity index (χ3v) is 6.40.